The van der Waals surface area contributed by atoms with Crippen molar-refractivity contribution in [3.8, 4) is 0 Å². The van der Waals surface area contributed by atoms with Crippen molar-refractivity contribution < 1.29 is 14.6 Å². The number of amides is 1. The molecule has 0 aliphatic carbocycles. The minimum absolute atomic E-state index is 0.000407. The Morgan fingerprint density at radius 2 is 2.30 bits per heavy atom. The van der Waals surface area contributed by atoms with E-state index in [9.17, 15) is 9.59 Å². The zero-order valence-corrected chi connectivity index (χ0v) is 15.5. The summed E-state index contributed by atoms with van der Waals surface area (Å²) in [6.45, 7) is 7.28. The van der Waals surface area contributed by atoms with Gasteiger partial charge in [-0.1, -0.05) is 19.9 Å². The maximum absolute atomic E-state index is 12.1. The minimum atomic E-state index is -0.402. The van der Waals surface area contributed by atoms with Crippen LogP contribution in [0.2, 0.25) is 0 Å². The number of anilines is 1. The number of carbonyl (C=O) groups is 1. The van der Waals surface area contributed by atoms with E-state index in [4.69, 9.17) is 15.6 Å². The smallest absolute Gasteiger partial charge is 0.280 e. The van der Waals surface area contributed by atoms with Crippen LogP contribution in [-0.2, 0) is 9.53 Å². The molecule has 1 aliphatic heterocycles. The highest BCUT2D eigenvalue weighted by Crippen LogP contribution is 2.29. The zero-order valence-electron chi connectivity index (χ0n) is 15.5. The fourth-order valence-electron chi connectivity index (χ4n) is 2.52. The van der Waals surface area contributed by atoms with Crippen molar-refractivity contribution in [3.05, 3.63) is 29.3 Å². The quantitative estimate of drug-likeness (QED) is 0.554. The van der Waals surface area contributed by atoms with Gasteiger partial charge in [-0.15, -0.1) is 6.58 Å². The highest BCUT2D eigenvalue weighted by atomic mass is 16.5. The summed E-state index contributed by atoms with van der Waals surface area (Å²) in [5, 5.41) is 10.4. The van der Waals surface area contributed by atoms with Gasteiger partial charge in [0, 0.05) is 12.5 Å². The second kappa shape index (κ2) is 9.40. The van der Waals surface area contributed by atoms with Crippen LogP contribution < -0.4 is 16.6 Å². The molecule has 0 bridgehead atoms. The second-order valence-corrected chi connectivity index (χ2v) is 6.38. The summed E-state index contributed by atoms with van der Waals surface area (Å²) >= 11 is 0. The highest BCUT2D eigenvalue weighted by Gasteiger charge is 2.27. The number of hydrogen-bond acceptors (Lipinski definition) is 7. The Morgan fingerprint density at radius 1 is 1.59 bits per heavy atom. The first kappa shape index (κ1) is 20.7. The SMILES string of the molecule is C=CCO.CC(C)C(=O)Nc1nc2c(ncn2C2CCC(CN)O2)c(=O)[nH]1. The lowest BCUT2D eigenvalue weighted by molar-refractivity contribution is -0.118. The molecule has 10 nitrogen and oxygen atoms in total. The van der Waals surface area contributed by atoms with Gasteiger partial charge in [0.05, 0.1) is 19.0 Å². The van der Waals surface area contributed by atoms with Crippen LogP contribution >= 0.6 is 0 Å². The number of nitrogens with one attached hydrogen (secondary N) is 2. The van der Waals surface area contributed by atoms with E-state index in [1.807, 2.05) is 0 Å². The number of aromatic nitrogens is 4. The Hall–Kier alpha value is -2.56. The molecule has 27 heavy (non-hydrogen) atoms. The fourth-order valence-corrected chi connectivity index (χ4v) is 2.52. The molecule has 2 atom stereocenters. The second-order valence-electron chi connectivity index (χ2n) is 6.38. The molecule has 2 aromatic rings. The van der Waals surface area contributed by atoms with Gasteiger partial charge in [-0.25, -0.2) is 4.98 Å². The van der Waals surface area contributed by atoms with Gasteiger partial charge in [-0.05, 0) is 12.8 Å². The number of ether oxygens (including phenoxy) is 1. The van der Waals surface area contributed by atoms with Crippen molar-refractivity contribution in [2.24, 2.45) is 11.7 Å². The largest absolute Gasteiger partial charge is 0.392 e. The van der Waals surface area contributed by atoms with Gasteiger partial charge in [-0.3, -0.25) is 24.5 Å². The van der Waals surface area contributed by atoms with Crippen LogP contribution in [0.4, 0.5) is 5.95 Å². The number of aliphatic hydroxyl groups is 1. The Morgan fingerprint density at radius 3 is 2.85 bits per heavy atom. The first-order valence-electron chi connectivity index (χ1n) is 8.76. The lowest BCUT2D eigenvalue weighted by atomic mass is 10.2. The molecule has 1 fully saturated rings. The van der Waals surface area contributed by atoms with Crippen LogP contribution in [-0.4, -0.2) is 49.8 Å². The molecule has 1 aliphatic rings. The van der Waals surface area contributed by atoms with Crippen molar-refractivity contribution in [2.45, 2.75) is 39.0 Å². The number of carbonyl (C=O) groups excluding carboxylic acids is 1. The van der Waals surface area contributed by atoms with Crippen molar-refractivity contribution in [3.63, 3.8) is 0 Å². The predicted octanol–water partition coefficient (Wildman–Crippen LogP) is 0.515. The number of imidazole rings is 1. The summed E-state index contributed by atoms with van der Waals surface area (Å²) in [5.41, 5.74) is 5.82. The molecular formula is C17H26N6O4. The molecule has 5 N–H and O–H groups in total. The van der Waals surface area contributed by atoms with Crippen molar-refractivity contribution in [1.29, 1.82) is 0 Å². The van der Waals surface area contributed by atoms with Crippen LogP contribution in [0.3, 0.4) is 0 Å². The van der Waals surface area contributed by atoms with Gasteiger partial charge in [0.25, 0.3) is 5.56 Å². The Bertz CT molecular complexity index is 844. The number of nitrogens with two attached hydrogens (primary N) is 1. The van der Waals surface area contributed by atoms with E-state index < -0.39 is 5.56 Å². The highest BCUT2D eigenvalue weighted by molar-refractivity contribution is 5.91. The molecule has 0 aromatic carbocycles. The van der Waals surface area contributed by atoms with Crippen LogP contribution in [0.5, 0.6) is 0 Å². The lowest BCUT2D eigenvalue weighted by Crippen LogP contribution is -2.23. The minimum Gasteiger partial charge on any atom is -0.392 e. The molecule has 2 aromatic heterocycles. The van der Waals surface area contributed by atoms with Crippen LogP contribution in [0.25, 0.3) is 11.2 Å². The third kappa shape index (κ3) is 5.00. The van der Waals surface area contributed by atoms with Gasteiger partial charge >= 0.3 is 0 Å². The predicted molar refractivity (Wildman–Crippen MR) is 101 cm³/mol. The summed E-state index contributed by atoms with van der Waals surface area (Å²) in [6.07, 6.45) is 4.33. The summed E-state index contributed by atoms with van der Waals surface area (Å²) in [5.74, 6) is -0.334. The molecule has 148 valence electrons. The first-order chi connectivity index (χ1) is 12.9. The van der Waals surface area contributed by atoms with Crippen LogP contribution in [0, 0.1) is 5.92 Å². The van der Waals surface area contributed by atoms with Crippen LogP contribution in [0.15, 0.2) is 23.8 Å². The summed E-state index contributed by atoms with van der Waals surface area (Å²) in [4.78, 5) is 34.8. The Balaban J connectivity index is 0.000000596. The van der Waals surface area contributed by atoms with Crippen molar-refractivity contribution in [2.75, 3.05) is 18.5 Å². The number of aromatic amines is 1. The number of H-pyrrole nitrogens is 1. The Labute approximate surface area is 156 Å². The van der Waals surface area contributed by atoms with Crippen LogP contribution in [0.1, 0.15) is 32.9 Å². The average molecular weight is 378 g/mol. The van der Waals surface area contributed by atoms with E-state index in [-0.39, 0.29) is 42.2 Å². The normalized spacial score (nSPS) is 19.0. The molecule has 1 saturated heterocycles. The molecule has 0 radical (unpaired) electrons. The first-order valence-corrected chi connectivity index (χ1v) is 8.76. The molecule has 0 spiro atoms. The summed E-state index contributed by atoms with van der Waals surface area (Å²) in [7, 11) is 0. The van der Waals surface area contributed by atoms with Crippen molar-refractivity contribution in [1.82, 2.24) is 19.5 Å². The number of fused-ring (bicyclic) bond motifs is 1. The van der Waals surface area contributed by atoms with E-state index in [0.29, 0.717) is 12.2 Å². The number of aliphatic hydroxyl groups excluding tert-OH is 1. The monoisotopic (exact) mass is 378 g/mol. The maximum atomic E-state index is 12.1. The Kier molecular flexibility index (Phi) is 7.22. The molecule has 10 heteroatoms. The van der Waals surface area contributed by atoms with Gasteiger partial charge in [0.2, 0.25) is 11.9 Å². The molecule has 3 heterocycles. The zero-order chi connectivity index (χ0) is 20.0. The van der Waals surface area contributed by atoms with Crippen molar-refractivity contribution >= 4 is 23.0 Å². The van der Waals surface area contributed by atoms with Gasteiger partial charge < -0.3 is 15.6 Å². The molecular weight excluding hydrogens is 352 g/mol. The number of rotatable bonds is 5. The molecule has 2 unspecified atom stereocenters. The topological polar surface area (TPSA) is 148 Å². The fraction of sp³-hybridized carbons (Fsp3) is 0.529. The maximum Gasteiger partial charge on any atom is 0.280 e. The number of hydrogen-bond donors (Lipinski definition) is 4. The van der Waals surface area contributed by atoms with E-state index in [1.54, 1.807) is 18.4 Å². The number of nitrogens with zero attached hydrogens (tertiary/aromatic N) is 3. The molecule has 3 rings (SSSR count). The standard InChI is InChI=1S/C14H20N6O3.C3H6O/c1-7(2)12(21)18-14-17-11-10(13(22)19-14)16-6-20(11)9-4-3-8(5-15)23-9;1-2-3-4/h6-9H,3-5,15H2,1-2H3,(H2,17,18,19,21,22);2,4H,1,3H2. The van der Waals surface area contributed by atoms with E-state index in [1.165, 1.54) is 12.4 Å². The van der Waals surface area contributed by atoms with Gasteiger partial charge in [0.15, 0.2) is 11.2 Å². The van der Waals surface area contributed by atoms with E-state index in [0.717, 1.165) is 12.8 Å². The van der Waals surface area contributed by atoms with Gasteiger partial charge in [-0.2, -0.15) is 4.98 Å². The van der Waals surface area contributed by atoms with E-state index >= 15 is 0 Å². The van der Waals surface area contributed by atoms with E-state index in [2.05, 4.69) is 26.8 Å². The summed E-state index contributed by atoms with van der Waals surface area (Å²) in [6, 6.07) is 0. The molecule has 0 saturated carbocycles. The lowest BCUT2D eigenvalue weighted by Gasteiger charge is -2.14. The summed E-state index contributed by atoms with van der Waals surface area (Å²) < 4.78 is 7.53. The average Bonchev–Trinajstić information content (AvgIpc) is 3.28. The van der Waals surface area contributed by atoms with Gasteiger partial charge in [0.1, 0.15) is 6.23 Å². The molecule has 1 amide bonds. The third-order valence-electron chi connectivity index (χ3n) is 3.99. The third-order valence-corrected chi connectivity index (χ3v) is 3.99.